The van der Waals surface area contributed by atoms with Crippen LogP contribution in [-0.2, 0) is 17.5 Å². The molecule has 0 aliphatic carbocycles. The van der Waals surface area contributed by atoms with Crippen LogP contribution in [0, 0.1) is 6.92 Å². The number of anilines is 6. The van der Waals surface area contributed by atoms with Crippen LogP contribution in [0.2, 0.25) is 0 Å². The van der Waals surface area contributed by atoms with Gasteiger partial charge in [-0.3, -0.25) is 24.3 Å². The Morgan fingerprint density at radius 3 is 2.42 bits per heavy atom. The Morgan fingerprint density at radius 1 is 0.925 bits per heavy atom. The second-order valence-corrected chi connectivity index (χ2v) is 13.1. The molecular weight excluding hydrogens is 691 g/mol. The van der Waals surface area contributed by atoms with Crippen LogP contribution >= 0.6 is 0 Å². The molecule has 16 heteroatoms. The van der Waals surface area contributed by atoms with Gasteiger partial charge in [-0.15, -0.1) is 0 Å². The van der Waals surface area contributed by atoms with Crippen molar-refractivity contribution in [1.29, 1.82) is 0 Å². The zero-order chi connectivity index (χ0) is 37.7. The fourth-order valence-electron chi connectivity index (χ4n) is 6.34. The predicted molar refractivity (Wildman–Crippen MR) is 195 cm³/mol. The molecule has 278 valence electrons. The number of aromatic nitrogens is 3. The lowest BCUT2D eigenvalue weighted by atomic mass is 10.1. The highest BCUT2D eigenvalue weighted by Crippen LogP contribution is 2.34. The highest BCUT2D eigenvalue weighted by atomic mass is 19.4. The lowest BCUT2D eigenvalue weighted by Crippen LogP contribution is -2.46. The fraction of sp³-hybridized carbons (Fsp3) is 0.351. The maximum Gasteiger partial charge on any atom is 0.416 e. The number of urea groups is 1. The summed E-state index contributed by atoms with van der Waals surface area (Å²) in [6.07, 6.45) is 1.61. The predicted octanol–water partition coefficient (Wildman–Crippen LogP) is 6.54. The fourth-order valence-corrected chi connectivity index (χ4v) is 6.34. The van der Waals surface area contributed by atoms with Crippen molar-refractivity contribution >= 4 is 52.6 Å². The third-order valence-electron chi connectivity index (χ3n) is 9.28. The van der Waals surface area contributed by atoms with Gasteiger partial charge in [-0.2, -0.15) is 18.2 Å². The molecule has 1 fully saturated rings. The second kappa shape index (κ2) is 15.9. The van der Waals surface area contributed by atoms with Crippen molar-refractivity contribution in [2.45, 2.75) is 45.3 Å². The maximum atomic E-state index is 13.6. The number of pyridine rings is 1. The molecule has 4 heterocycles. The van der Waals surface area contributed by atoms with Gasteiger partial charge in [0.15, 0.2) is 0 Å². The summed E-state index contributed by atoms with van der Waals surface area (Å²) in [4.78, 5) is 58.5. The number of carboxylic acids is 1. The van der Waals surface area contributed by atoms with Crippen molar-refractivity contribution in [3.8, 4) is 0 Å². The number of nitrogens with one attached hydrogen (secondary N) is 2. The number of fused-ring (bicyclic) bond motifs is 1. The van der Waals surface area contributed by atoms with Crippen LogP contribution in [0.1, 0.15) is 52.7 Å². The SMILES string of the molecule is Cc1ccc(NC(=O)c2cccc(C(F)(F)F)c2)cc1N1Cc2cnc(Nc3ccc(N4CCN(CCCCCC(=O)O)CC4)nc3)nc2N(C)C1=O. The summed E-state index contributed by atoms with van der Waals surface area (Å²) in [6.45, 7) is 6.45. The molecule has 0 unspecified atom stereocenters. The molecule has 3 N–H and O–H groups in total. The van der Waals surface area contributed by atoms with E-state index in [1.54, 1.807) is 37.6 Å². The van der Waals surface area contributed by atoms with Gasteiger partial charge in [-0.05, 0) is 74.3 Å². The molecule has 6 rings (SSSR count). The zero-order valence-electron chi connectivity index (χ0n) is 29.4. The summed E-state index contributed by atoms with van der Waals surface area (Å²) in [7, 11) is 1.61. The number of halogens is 3. The molecule has 0 spiro atoms. The lowest BCUT2D eigenvalue weighted by Gasteiger charge is -2.35. The number of benzene rings is 2. The number of amides is 3. The van der Waals surface area contributed by atoms with E-state index >= 15 is 0 Å². The highest BCUT2D eigenvalue weighted by molar-refractivity contribution is 6.07. The largest absolute Gasteiger partial charge is 0.481 e. The molecule has 53 heavy (non-hydrogen) atoms. The molecule has 0 radical (unpaired) electrons. The molecule has 2 aromatic carbocycles. The van der Waals surface area contributed by atoms with Gasteiger partial charge in [-0.25, -0.2) is 14.8 Å². The quantitative estimate of drug-likeness (QED) is 0.137. The Bertz CT molecular complexity index is 1970. The Morgan fingerprint density at radius 2 is 1.70 bits per heavy atom. The topological polar surface area (TPSA) is 147 Å². The number of hydrogen-bond donors (Lipinski definition) is 3. The van der Waals surface area contributed by atoms with E-state index in [2.05, 4.69) is 35.4 Å². The lowest BCUT2D eigenvalue weighted by molar-refractivity contribution is -0.138. The maximum absolute atomic E-state index is 13.6. The minimum Gasteiger partial charge on any atom is -0.481 e. The smallest absolute Gasteiger partial charge is 0.416 e. The Kier molecular flexibility index (Phi) is 11.1. The van der Waals surface area contributed by atoms with Crippen molar-refractivity contribution in [3.05, 3.63) is 89.2 Å². The number of nitrogens with zero attached hydrogens (tertiary/aromatic N) is 7. The normalized spacial score (nSPS) is 15.0. The Labute approximate surface area is 304 Å². The minimum absolute atomic E-state index is 0.146. The van der Waals surface area contributed by atoms with Gasteiger partial charge in [0.2, 0.25) is 5.95 Å². The molecule has 1 saturated heterocycles. The molecule has 2 aromatic heterocycles. The van der Waals surface area contributed by atoms with E-state index in [9.17, 15) is 27.6 Å². The number of carboxylic acid groups (broad SMARTS) is 1. The number of unbranched alkanes of at least 4 members (excludes halogenated alkanes) is 2. The molecule has 2 aliphatic heterocycles. The first-order valence-electron chi connectivity index (χ1n) is 17.3. The molecule has 0 saturated carbocycles. The van der Waals surface area contributed by atoms with Crippen LogP contribution in [-0.4, -0.2) is 82.6 Å². The van der Waals surface area contributed by atoms with E-state index in [1.165, 1.54) is 21.9 Å². The number of hydrogen-bond acceptors (Lipinski definition) is 9. The van der Waals surface area contributed by atoms with E-state index in [-0.39, 0.29) is 24.6 Å². The molecule has 13 nitrogen and oxygen atoms in total. The van der Waals surface area contributed by atoms with Crippen molar-refractivity contribution < 1.29 is 32.7 Å². The summed E-state index contributed by atoms with van der Waals surface area (Å²) in [5, 5.41) is 14.6. The standard InChI is InChI=1S/C37H40F3N9O4/c1-24-10-11-28(43-34(52)25-7-6-8-27(19-25)37(38,39)40)20-30(24)49-23-26-21-42-35(45-33(26)46(2)36(49)53)44-29-12-13-31(41-22-29)48-17-15-47(16-18-48)14-5-3-4-9-32(50)51/h6-8,10-13,19-22H,3-5,9,14-18,23H2,1-2H3,(H,43,52)(H,50,51)(H,42,44,45). The van der Waals surface area contributed by atoms with E-state index in [1.807, 2.05) is 19.1 Å². The Balaban J connectivity index is 1.06. The van der Waals surface area contributed by atoms with Crippen LogP contribution in [0.4, 0.5) is 52.6 Å². The first kappa shape index (κ1) is 37.0. The van der Waals surface area contributed by atoms with Crippen molar-refractivity contribution in [2.75, 3.05) is 65.1 Å². The summed E-state index contributed by atoms with van der Waals surface area (Å²) < 4.78 is 39.6. The van der Waals surface area contributed by atoms with Crippen LogP contribution in [0.5, 0.6) is 0 Å². The van der Waals surface area contributed by atoms with E-state index in [4.69, 9.17) is 5.11 Å². The van der Waals surface area contributed by atoms with E-state index in [0.717, 1.165) is 69.1 Å². The summed E-state index contributed by atoms with van der Waals surface area (Å²) in [6, 6.07) is 12.6. The van der Waals surface area contributed by atoms with Crippen LogP contribution in [0.25, 0.3) is 0 Å². The van der Waals surface area contributed by atoms with E-state index < -0.39 is 23.6 Å². The average molecular weight is 732 g/mol. The number of carbonyl (C=O) groups excluding carboxylic acids is 2. The highest BCUT2D eigenvalue weighted by Gasteiger charge is 2.33. The number of carbonyl (C=O) groups is 3. The van der Waals surface area contributed by atoms with Gasteiger partial charge >= 0.3 is 18.2 Å². The zero-order valence-corrected chi connectivity index (χ0v) is 29.4. The Hall–Kier alpha value is -5.77. The third kappa shape index (κ3) is 9.00. The number of alkyl halides is 3. The van der Waals surface area contributed by atoms with Crippen molar-refractivity contribution in [1.82, 2.24) is 19.9 Å². The number of piperazine rings is 1. The monoisotopic (exact) mass is 731 g/mol. The first-order valence-corrected chi connectivity index (χ1v) is 17.3. The molecule has 2 aliphatic rings. The van der Waals surface area contributed by atoms with Gasteiger partial charge in [0, 0.05) is 62.7 Å². The van der Waals surface area contributed by atoms with Gasteiger partial charge in [0.1, 0.15) is 11.6 Å². The number of aryl methyl sites for hydroxylation is 1. The van der Waals surface area contributed by atoms with Gasteiger partial charge in [0.25, 0.3) is 5.91 Å². The number of aliphatic carboxylic acids is 1. The molecule has 0 bridgehead atoms. The summed E-state index contributed by atoms with van der Waals surface area (Å²) >= 11 is 0. The van der Waals surface area contributed by atoms with Crippen molar-refractivity contribution in [3.63, 3.8) is 0 Å². The number of rotatable bonds is 12. The second-order valence-electron chi connectivity index (χ2n) is 13.1. The molecular formula is C37H40F3N9O4. The van der Waals surface area contributed by atoms with Crippen LogP contribution < -0.4 is 25.3 Å². The average Bonchev–Trinajstić information content (AvgIpc) is 3.14. The van der Waals surface area contributed by atoms with Crippen LogP contribution in [0.3, 0.4) is 0 Å². The summed E-state index contributed by atoms with van der Waals surface area (Å²) in [5.41, 5.74) is 1.86. The van der Waals surface area contributed by atoms with E-state index in [0.29, 0.717) is 40.8 Å². The van der Waals surface area contributed by atoms with Gasteiger partial charge < -0.3 is 20.6 Å². The molecule has 0 atom stereocenters. The summed E-state index contributed by atoms with van der Waals surface area (Å²) in [5.74, 6) is 0.127. The first-order chi connectivity index (χ1) is 25.4. The van der Waals surface area contributed by atoms with Gasteiger partial charge in [-0.1, -0.05) is 18.6 Å². The van der Waals surface area contributed by atoms with Gasteiger partial charge in [0.05, 0.1) is 29.7 Å². The molecule has 4 aromatic rings. The molecule has 3 amide bonds. The minimum atomic E-state index is -4.58. The third-order valence-corrected chi connectivity index (χ3v) is 9.28. The van der Waals surface area contributed by atoms with Crippen molar-refractivity contribution in [2.24, 2.45) is 0 Å². The van der Waals surface area contributed by atoms with Crippen LogP contribution in [0.15, 0.2) is 67.0 Å².